The molecule has 0 saturated carbocycles. The molecule has 0 aromatic rings. The summed E-state index contributed by atoms with van der Waals surface area (Å²) in [5, 5.41) is 17.0. The summed E-state index contributed by atoms with van der Waals surface area (Å²) in [6.45, 7) is 2.90. The van der Waals surface area contributed by atoms with E-state index in [-0.39, 0.29) is 23.9 Å². The number of urea groups is 1. The number of hydrogen-bond acceptors (Lipinski definition) is 9. The zero-order valence-corrected chi connectivity index (χ0v) is 17.6. The molecule has 32 heavy (non-hydrogen) atoms. The van der Waals surface area contributed by atoms with Crippen LogP contribution in [0.1, 0.15) is 13.8 Å². The quantitative estimate of drug-likeness (QED) is 0.0725. The number of piperazine rings is 1. The van der Waals surface area contributed by atoms with E-state index in [9.17, 15) is 37.5 Å². The Morgan fingerprint density at radius 3 is 2.41 bits per heavy atom. The molecular formula is C14H20N8O9S. The Labute approximate surface area is 180 Å². The van der Waals surface area contributed by atoms with Crippen LogP contribution >= 0.6 is 0 Å². The van der Waals surface area contributed by atoms with Crippen LogP contribution in [-0.4, -0.2) is 106 Å². The summed E-state index contributed by atoms with van der Waals surface area (Å²) >= 11 is 0. The molecule has 4 N–H and O–H groups in total. The Kier molecular flexibility index (Phi) is 7.24. The maximum Gasteiger partial charge on any atom is 0.362 e. The highest BCUT2D eigenvalue weighted by molar-refractivity contribution is 7.84. The monoisotopic (exact) mass is 476 g/mol. The number of aliphatic hydroxyl groups excluding tert-OH is 1. The highest BCUT2D eigenvalue weighted by atomic mass is 32.2. The normalized spacial score (nSPS) is 23.1. The molecule has 0 aromatic carbocycles. The molecule has 2 aliphatic rings. The van der Waals surface area contributed by atoms with Crippen LogP contribution in [0.25, 0.3) is 10.4 Å². The van der Waals surface area contributed by atoms with E-state index < -0.39 is 64.3 Å². The average molecular weight is 476 g/mol. The molecule has 2 fully saturated rings. The molecule has 4 atom stereocenters. The molecule has 1 unspecified atom stereocenters. The Bertz CT molecular complexity index is 992. The number of rotatable bonds is 7. The smallest absolute Gasteiger partial charge is 0.362 e. The number of likely N-dealkylation sites (N-methyl/N-ethyl adjacent to an activating group) is 1. The number of amides is 6. The van der Waals surface area contributed by atoms with Gasteiger partial charge in [-0.05, 0) is 19.4 Å². The number of nitrogens with zero attached hydrogens (tertiary/aromatic N) is 6. The second-order valence-electron chi connectivity index (χ2n) is 6.73. The van der Waals surface area contributed by atoms with E-state index in [0.29, 0.717) is 4.90 Å². The Balaban J connectivity index is 2.12. The molecule has 0 aliphatic carbocycles. The Morgan fingerprint density at radius 2 is 1.91 bits per heavy atom. The fourth-order valence-electron chi connectivity index (χ4n) is 3.03. The fourth-order valence-corrected chi connectivity index (χ4v) is 3.81. The molecule has 2 saturated heterocycles. The summed E-state index contributed by atoms with van der Waals surface area (Å²) in [5.41, 5.74) is 8.53. The zero-order valence-electron chi connectivity index (χ0n) is 16.8. The summed E-state index contributed by atoms with van der Waals surface area (Å²) in [7, 11) is -5.08. The number of imide groups is 1. The SMILES string of the molecule is CCN1CCN(C(=O)NC(C(=O)N[C@@H]2C(=O)N(S(=O)(=O)O)[C@H]2N=[N+]=[N-])[C@H](C)O)C(=O)C1=O. The number of hydrogen-bond donors (Lipinski definition) is 4. The standard InChI is InChI=1S/C14H20N8O9S/c1-3-20-4-5-21(13(27)12(20)26)14(28)17-7(6(2)23)10(24)16-8-9(18-19-15)22(11(8)25)32(29,30)31/h6-9,23H,3-5H2,1-2H3,(H,16,24)(H,17,28)(H,29,30,31)/t6-,7?,8-,9+/m0/s1. The third kappa shape index (κ3) is 4.72. The van der Waals surface area contributed by atoms with Gasteiger partial charge in [-0.1, -0.05) is 5.11 Å². The van der Waals surface area contributed by atoms with E-state index in [1.54, 1.807) is 6.92 Å². The molecule has 0 aromatic heterocycles. The van der Waals surface area contributed by atoms with Crippen molar-refractivity contribution in [2.45, 2.75) is 38.2 Å². The van der Waals surface area contributed by atoms with Crippen molar-refractivity contribution in [2.24, 2.45) is 5.11 Å². The van der Waals surface area contributed by atoms with Crippen LogP contribution < -0.4 is 10.6 Å². The van der Waals surface area contributed by atoms with Gasteiger partial charge in [-0.3, -0.25) is 28.6 Å². The first-order chi connectivity index (χ1) is 14.8. The number of nitrogens with one attached hydrogen (secondary N) is 2. The second kappa shape index (κ2) is 9.35. The highest BCUT2D eigenvalue weighted by Gasteiger charge is 2.54. The lowest BCUT2D eigenvalue weighted by Gasteiger charge is -2.42. The highest BCUT2D eigenvalue weighted by Crippen LogP contribution is 2.25. The van der Waals surface area contributed by atoms with Crippen molar-refractivity contribution in [1.29, 1.82) is 0 Å². The first kappa shape index (κ1) is 24.8. The third-order valence-electron chi connectivity index (χ3n) is 4.72. The maximum absolute atomic E-state index is 12.5. The lowest BCUT2D eigenvalue weighted by molar-refractivity contribution is -0.153. The topological polar surface area (TPSA) is 242 Å². The van der Waals surface area contributed by atoms with Crippen LogP contribution in [0.15, 0.2) is 5.11 Å². The molecule has 2 aliphatic heterocycles. The van der Waals surface area contributed by atoms with Crippen LogP contribution in [0.3, 0.4) is 0 Å². The lowest BCUT2D eigenvalue weighted by atomic mass is 10.1. The minimum absolute atomic E-state index is 0.0654. The molecule has 176 valence electrons. The number of carbonyl (C=O) groups is 5. The van der Waals surface area contributed by atoms with Crippen molar-refractivity contribution in [1.82, 2.24) is 24.7 Å². The van der Waals surface area contributed by atoms with Gasteiger partial charge in [-0.25, -0.2) is 9.10 Å². The Morgan fingerprint density at radius 1 is 1.28 bits per heavy atom. The Hall–Kier alpha value is -3.47. The van der Waals surface area contributed by atoms with Crippen LogP contribution in [0.4, 0.5) is 4.79 Å². The van der Waals surface area contributed by atoms with Gasteiger partial charge in [0.25, 0.3) is 5.91 Å². The maximum atomic E-state index is 12.5. The van der Waals surface area contributed by atoms with Gasteiger partial charge in [-0.2, -0.15) is 8.42 Å². The minimum atomic E-state index is -5.08. The fraction of sp³-hybridized carbons (Fsp3) is 0.643. The molecule has 0 radical (unpaired) electrons. The predicted octanol–water partition coefficient (Wildman–Crippen LogP) is -3.10. The van der Waals surface area contributed by atoms with Crippen LogP contribution in [0.2, 0.25) is 0 Å². The van der Waals surface area contributed by atoms with E-state index in [1.807, 2.05) is 5.32 Å². The van der Waals surface area contributed by atoms with Gasteiger partial charge >= 0.3 is 28.1 Å². The first-order valence-electron chi connectivity index (χ1n) is 9.09. The van der Waals surface area contributed by atoms with Crippen molar-refractivity contribution >= 4 is 40.0 Å². The summed E-state index contributed by atoms with van der Waals surface area (Å²) in [5.74, 6) is -4.58. The minimum Gasteiger partial charge on any atom is -0.391 e. The van der Waals surface area contributed by atoms with Gasteiger partial charge in [0.05, 0.1) is 6.10 Å². The number of β-lactam (4-membered cyclic amide) rings is 1. The van der Waals surface area contributed by atoms with Crippen molar-refractivity contribution < 1.29 is 42.0 Å². The van der Waals surface area contributed by atoms with Gasteiger partial charge in [0.1, 0.15) is 12.1 Å². The summed E-state index contributed by atoms with van der Waals surface area (Å²) < 4.78 is 31.3. The number of aliphatic hydroxyl groups is 1. The summed E-state index contributed by atoms with van der Waals surface area (Å²) in [4.78, 5) is 65.1. The summed E-state index contributed by atoms with van der Waals surface area (Å²) in [6, 6.07) is -4.62. The van der Waals surface area contributed by atoms with Gasteiger partial charge in [0.15, 0.2) is 6.17 Å². The molecule has 0 bridgehead atoms. The molecule has 6 amide bonds. The van der Waals surface area contributed by atoms with Gasteiger partial charge in [0.2, 0.25) is 5.91 Å². The van der Waals surface area contributed by atoms with Gasteiger partial charge in [-0.15, -0.1) is 0 Å². The van der Waals surface area contributed by atoms with Gasteiger partial charge < -0.3 is 20.6 Å². The van der Waals surface area contributed by atoms with E-state index in [0.717, 1.165) is 6.92 Å². The van der Waals surface area contributed by atoms with E-state index >= 15 is 0 Å². The number of carbonyl (C=O) groups excluding carboxylic acids is 5. The molecule has 18 heteroatoms. The molecule has 2 heterocycles. The van der Waals surface area contributed by atoms with Gasteiger partial charge in [0, 0.05) is 24.5 Å². The van der Waals surface area contributed by atoms with Crippen molar-refractivity contribution in [2.75, 3.05) is 19.6 Å². The lowest BCUT2D eigenvalue weighted by Crippen LogP contribution is -2.72. The second-order valence-corrected chi connectivity index (χ2v) is 8.02. The zero-order chi connectivity index (χ0) is 24.4. The molecular weight excluding hydrogens is 456 g/mol. The van der Waals surface area contributed by atoms with E-state index in [1.165, 1.54) is 4.90 Å². The van der Waals surface area contributed by atoms with Crippen LogP contribution in [-0.2, 0) is 29.5 Å². The van der Waals surface area contributed by atoms with E-state index in [2.05, 4.69) is 15.3 Å². The number of azide groups is 1. The predicted molar refractivity (Wildman–Crippen MR) is 101 cm³/mol. The van der Waals surface area contributed by atoms with Crippen molar-refractivity contribution in [3.05, 3.63) is 10.4 Å². The first-order valence-corrected chi connectivity index (χ1v) is 10.5. The van der Waals surface area contributed by atoms with Crippen molar-refractivity contribution in [3.8, 4) is 0 Å². The summed E-state index contributed by atoms with van der Waals surface area (Å²) in [6.07, 6.45) is -3.38. The van der Waals surface area contributed by atoms with Crippen LogP contribution in [0.5, 0.6) is 0 Å². The molecule has 0 spiro atoms. The largest absolute Gasteiger partial charge is 0.391 e. The molecule has 2 rings (SSSR count). The molecule has 17 nitrogen and oxygen atoms in total. The third-order valence-corrected chi connectivity index (χ3v) is 5.61. The average Bonchev–Trinajstić information content (AvgIpc) is 2.70. The van der Waals surface area contributed by atoms with E-state index in [4.69, 9.17) is 10.1 Å². The van der Waals surface area contributed by atoms with Crippen molar-refractivity contribution in [3.63, 3.8) is 0 Å². The van der Waals surface area contributed by atoms with Crippen LogP contribution in [0, 0.1) is 0 Å².